The van der Waals surface area contributed by atoms with Gasteiger partial charge in [-0.05, 0) is 6.07 Å². The molecule has 0 aliphatic carbocycles. The van der Waals surface area contributed by atoms with Crippen LogP contribution in [0.3, 0.4) is 0 Å². The van der Waals surface area contributed by atoms with Gasteiger partial charge in [-0.25, -0.2) is 9.98 Å². The number of carbonyl (C=O) groups is 1. The Morgan fingerprint density at radius 2 is 1.50 bits per heavy atom. The number of carbonyl (C=O) groups excluding carboxylic acids is 1. The van der Waals surface area contributed by atoms with E-state index in [9.17, 15) is 4.79 Å². The van der Waals surface area contributed by atoms with Crippen LogP contribution in [0.2, 0.25) is 0 Å². The van der Waals surface area contributed by atoms with Gasteiger partial charge in [0.05, 0.1) is 17.6 Å². The van der Waals surface area contributed by atoms with Crippen LogP contribution in [-0.2, 0) is 4.79 Å². The Labute approximate surface area is 173 Å². The molecule has 1 atom stereocenters. The Bertz CT molecular complexity index is 1220. The van der Waals surface area contributed by atoms with E-state index in [1.165, 1.54) is 0 Å². The van der Waals surface area contributed by atoms with E-state index in [-0.39, 0.29) is 11.9 Å². The largest absolute Gasteiger partial charge is 0.424 e. The maximum Gasteiger partial charge on any atom is 0.297 e. The standard InChI is InChI=1S/C24H18N4O2/c29-23-22(28-24-25-15-20(30-24)16-9-3-1-4-10-16)27-21(17-11-5-2-6-12-17)18-13-7-8-14-19(18)26-23/h1-15,22H,(H,25,28)(H,26,29). The van der Waals surface area contributed by atoms with Gasteiger partial charge >= 0.3 is 0 Å². The van der Waals surface area contributed by atoms with Crippen LogP contribution >= 0.6 is 0 Å². The Kier molecular flexibility index (Phi) is 4.57. The summed E-state index contributed by atoms with van der Waals surface area (Å²) >= 11 is 0. The summed E-state index contributed by atoms with van der Waals surface area (Å²) in [6.07, 6.45) is 0.734. The van der Waals surface area contributed by atoms with Gasteiger partial charge in [-0.1, -0.05) is 78.9 Å². The van der Waals surface area contributed by atoms with Gasteiger partial charge in [-0.15, -0.1) is 0 Å². The first-order valence-corrected chi connectivity index (χ1v) is 9.59. The summed E-state index contributed by atoms with van der Waals surface area (Å²) in [4.78, 5) is 21.9. The SMILES string of the molecule is O=C1Nc2ccccc2C(c2ccccc2)=NC1Nc1ncc(-c2ccccc2)o1. The summed E-state index contributed by atoms with van der Waals surface area (Å²) in [5, 5.41) is 5.96. The number of aromatic nitrogens is 1. The fourth-order valence-corrected chi connectivity index (χ4v) is 3.37. The van der Waals surface area contributed by atoms with Gasteiger partial charge in [0.25, 0.3) is 11.9 Å². The molecule has 0 saturated heterocycles. The quantitative estimate of drug-likeness (QED) is 0.531. The Hall–Kier alpha value is -4.19. The van der Waals surface area contributed by atoms with Gasteiger partial charge < -0.3 is 15.1 Å². The molecule has 6 heteroatoms. The third kappa shape index (κ3) is 3.46. The maximum absolute atomic E-state index is 12.9. The van der Waals surface area contributed by atoms with E-state index in [1.54, 1.807) is 6.20 Å². The summed E-state index contributed by atoms with van der Waals surface area (Å²) in [5.74, 6) is 0.329. The predicted octanol–water partition coefficient (Wildman–Crippen LogP) is 4.57. The highest BCUT2D eigenvalue weighted by atomic mass is 16.4. The maximum atomic E-state index is 12.9. The molecule has 1 aliphatic rings. The van der Waals surface area contributed by atoms with Gasteiger partial charge in [0, 0.05) is 16.7 Å². The molecule has 1 aromatic heterocycles. The van der Waals surface area contributed by atoms with Crippen LogP contribution in [0.15, 0.2) is 101 Å². The highest BCUT2D eigenvalue weighted by Gasteiger charge is 2.26. The van der Waals surface area contributed by atoms with Crippen LogP contribution in [-0.4, -0.2) is 22.8 Å². The molecule has 0 spiro atoms. The number of hydrogen-bond donors (Lipinski definition) is 2. The fraction of sp³-hybridized carbons (Fsp3) is 0.0417. The van der Waals surface area contributed by atoms with Gasteiger partial charge in [0.1, 0.15) is 0 Å². The van der Waals surface area contributed by atoms with Crippen molar-refractivity contribution in [3.05, 3.63) is 102 Å². The molecule has 2 heterocycles. The second-order valence-corrected chi connectivity index (χ2v) is 6.82. The smallest absolute Gasteiger partial charge is 0.297 e. The number of fused-ring (bicyclic) bond motifs is 1. The number of nitrogens with one attached hydrogen (secondary N) is 2. The van der Waals surface area contributed by atoms with Gasteiger partial charge in [-0.2, -0.15) is 0 Å². The average molecular weight is 394 g/mol. The molecule has 0 fully saturated rings. The minimum absolute atomic E-state index is 0.233. The number of benzodiazepines with no additional fused rings is 1. The molecule has 6 nitrogen and oxygen atoms in total. The van der Waals surface area contributed by atoms with E-state index in [0.717, 1.165) is 22.4 Å². The molecule has 4 aromatic rings. The van der Waals surface area contributed by atoms with Crippen molar-refractivity contribution in [2.45, 2.75) is 6.17 Å². The summed E-state index contributed by atoms with van der Waals surface area (Å²) in [5.41, 5.74) is 4.12. The normalized spacial score (nSPS) is 15.5. The van der Waals surface area contributed by atoms with Crippen LogP contribution in [0, 0.1) is 0 Å². The highest BCUT2D eigenvalue weighted by Crippen LogP contribution is 2.26. The van der Waals surface area contributed by atoms with Crippen LogP contribution < -0.4 is 10.6 Å². The third-order valence-corrected chi connectivity index (χ3v) is 4.82. The number of oxazole rings is 1. The molecule has 0 bridgehead atoms. The monoisotopic (exact) mass is 394 g/mol. The van der Waals surface area contributed by atoms with Crippen molar-refractivity contribution >= 4 is 23.3 Å². The van der Waals surface area contributed by atoms with Gasteiger partial charge in [0.15, 0.2) is 5.76 Å². The first-order chi connectivity index (χ1) is 14.8. The molecule has 0 saturated carbocycles. The Morgan fingerprint density at radius 1 is 0.833 bits per heavy atom. The Morgan fingerprint density at radius 3 is 2.27 bits per heavy atom. The van der Waals surface area contributed by atoms with E-state index >= 15 is 0 Å². The van der Waals surface area contributed by atoms with E-state index < -0.39 is 6.17 Å². The van der Waals surface area contributed by atoms with Gasteiger partial charge in [0.2, 0.25) is 6.17 Å². The zero-order valence-electron chi connectivity index (χ0n) is 15.9. The van der Waals surface area contributed by atoms with E-state index in [0.29, 0.717) is 11.4 Å². The molecule has 2 N–H and O–H groups in total. The molecule has 5 rings (SSSR count). The highest BCUT2D eigenvalue weighted by molar-refractivity contribution is 6.19. The summed E-state index contributed by atoms with van der Waals surface area (Å²) < 4.78 is 5.81. The number of aliphatic imine (C=N–C) groups is 1. The van der Waals surface area contributed by atoms with E-state index in [1.807, 2.05) is 84.9 Å². The Balaban J connectivity index is 1.51. The molecule has 3 aromatic carbocycles. The molecular formula is C24H18N4O2. The van der Waals surface area contributed by atoms with Crippen molar-refractivity contribution in [3.8, 4) is 11.3 Å². The average Bonchev–Trinajstić information content (AvgIpc) is 3.21. The lowest BCUT2D eigenvalue weighted by atomic mass is 10.0. The summed E-state index contributed by atoms with van der Waals surface area (Å²) in [6, 6.07) is 27.3. The zero-order chi connectivity index (χ0) is 20.3. The van der Waals surface area contributed by atoms with Crippen molar-refractivity contribution in [2.75, 3.05) is 10.6 Å². The number of anilines is 2. The summed E-state index contributed by atoms with van der Waals surface area (Å²) in [7, 11) is 0. The van der Waals surface area contributed by atoms with Crippen molar-refractivity contribution in [1.29, 1.82) is 0 Å². The minimum atomic E-state index is -0.894. The van der Waals surface area contributed by atoms with Crippen LogP contribution in [0.4, 0.5) is 11.7 Å². The first-order valence-electron chi connectivity index (χ1n) is 9.59. The molecule has 30 heavy (non-hydrogen) atoms. The number of hydrogen-bond acceptors (Lipinski definition) is 5. The molecule has 0 radical (unpaired) electrons. The number of benzene rings is 3. The number of nitrogens with zero attached hydrogens (tertiary/aromatic N) is 2. The van der Waals surface area contributed by atoms with Gasteiger partial charge in [-0.3, -0.25) is 4.79 Å². The van der Waals surface area contributed by atoms with E-state index in [4.69, 9.17) is 9.41 Å². The van der Waals surface area contributed by atoms with Crippen LogP contribution in [0.5, 0.6) is 0 Å². The zero-order valence-corrected chi connectivity index (χ0v) is 15.9. The second kappa shape index (κ2) is 7.67. The lowest BCUT2D eigenvalue weighted by Gasteiger charge is -2.11. The molecule has 1 aliphatic heterocycles. The molecule has 1 amide bonds. The fourth-order valence-electron chi connectivity index (χ4n) is 3.37. The minimum Gasteiger partial charge on any atom is -0.424 e. The lowest BCUT2D eigenvalue weighted by Crippen LogP contribution is -2.32. The van der Waals surface area contributed by atoms with E-state index in [2.05, 4.69) is 15.6 Å². The van der Waals surface area contributed by atoms with Crippen molar-refractivity contribution in [3.63, 3.8) is 0 Å². The second-order valence-electron chi connectivity index (χ2n) is 6.82. The molecule has 1 unspecified atom stereocenters. The predicted molar refractivity (Wildman–Crippen MR) is 117 cm³/mol. The number of para-hydroxylation sites is 1. The molecule has 146 valence electrons. The number of rotatable bonds is 4. The number of amides is 1. The lowest BCUT2D eigenvalue weighted by molar-refractivity contribution is -0.116. The summed E-state index contributed by atoms with van der Waals surface area (Å²) in [6.45, 7) is 0. The molecular weight excluding hydrogens is 376 g/mol. The van der Waals surface area contributed by atoms with Crippen LogP contribution in [0.25, 0.3) is 11.3 Å². The third-order valence-electron chi connectivity index (χ3n) is 4.82. The van der Waals surface area contributed by atoms with Crippen molar-refractivity contribution in [1.82, 2.24) is 4.98 Å². The first kappa shape index (κ1) is 17.9. The van der Waals surface area contributed by atoms with Crippen molar-refractivity contribution in [2.24, 2.45) is 4.99 Å². The van der Waals surface area contributed by atoms with Crippen LogP contribution in [0.1, 0.15) is 11.1 Å². The topological polar surface area (TPSA) is 79.5 Å². The van der Waals surface area contributed by atoms with Crippen molar-refractivity contribution < 1.29 is 9.21 Å².